The third-order valence-electron chi connectivity index (χ3n) is 4.41. The minimum absolute atomic E-state index is 0. The van der Waals surface area contributed by atoms with E-state index >= 15 is 0 Å². The zero-order valence-corrected chi connectivity index (χ0v) is 18.5. The van der Waals surface area contributed by atoms with E-state index in [1.807, 2.05) is 0 Å². The van der Waals surface area contributed by atoms with E-state index in [1.165, 1.54) is 4.90 Å². The SMILES string of the molecule is CC(C)(C)OC(=O)N1CCC2C(OS(C)(=O)=O)=C(C(=O)[O-])N3C(=O)[C@@H]1[C@@H]23.[Na+]. The Balaban J connectivity index is 0.00000261. The molecule has 0 radical (unpaired) electrons. The average molecular weight is 410 g/mol. The van der Waals surface area contributed by atoms with Crippen molar-refractivity contribution in [3.63, 3.8) is 0 Å². The number of carbonyl (C=O) groups excluding carboxylic acids is 3. The van der Waals surface area contributed by atoms with Gasteiger partial charge in [-0.05, 0) is 27.2 Å². The van der Waals surface area contributed by atoms with Crippen LogP contribution in [0.3, 0.4) is 0 Å². The summed E-state index contributed by atoms with van der Waals surface area (Å²) in [5.74, 6) is -3.28. The molecule has 3 rings (SSSR count). The number of aliphatic carboxylic acids is 1. The topological polar surface area (TPSA) is 133 Å². The Morgan fingerprint density at radius 2 is 1.85 bits per heavy atom. The molecule has 12 heteroatoms. The van der Waals surface area contributed by atoms with E-state index in [1.54, 1.807) is 20.8 Å². The van der Waals surface area contributed by atoms with Gasteiger partial charge >= 0.3 is 45.8 Å². The molecule has 0 aromatic carbocycles. The first-order chi connectivity index (χ1) is 11.8. The number of amides is 2. The van der Waals surface area contributed by atoms with Crippen molar-refractivity contribution in [3.05, 3.63) is 11.5 Å². The third-order valence-corrected chi connectivity index (χ3v) is 4.90. The molecule has 2 fully saturated rings. The molecule has 0 aliphatic carbocycles. The second-order valence-corrected chi connectivity index (χ2v) is 9.08. The second-order valence-electron chi connectivity index (χ2n) is 7.50. The maximum atomic E-state index is 12.5. The molecule has 0 saturated carbocycles. The summed E-state index contributed by atoms with van der Waals surface area (Å²) in [5, 5.41) is 11.5. The number of likely N-dealkylation sites (tertiary alicyclic amines) is 1. The quantitative estimate of drug-likeness (QED) is 0.260. The van der Waals surface area contributed by atoms with Crippen LogP contribution in [-0.2, 0) is 28.6 Å². The number of rotatable bonds is 3. The molecule has 2 saturated heterocycles. The Bertz CT molecular complexity index is 831. The fourth-order valence-electron chi connectivity index (χ4n) is 3.63. The number of carboxylic acid groups (broad SMARTS) is 1. The largest absolute Gasteiger partial charge is 1.00 e. The van der Waals surface area contributed by atoms with Crippen LogP contribution in [-0.4, -0.2) is 66.7 Å². The number of hydrogen-bond acceptors (Lipinski definition) is 8. The first-order valence-corrected chi connectivity index (χ1v) is 9.81. The third kappa shape index (κ3) is 3.82. The van der Waals surface area contributed by atoms with E-state index in [4.69, 9.17) is 8.92 Å². The summed E-state index contributed by atoms with van der Waals surface area (Å²) in [7, 11) is -3.99. The zero-order chi connectivity index (χ0) is 19.6. The van der Waals surface area contributed by atoms with Crippen LogP contribution in [0.2, 0.25) is 0 Å². The molecule has 1 unspecified atom stereocenters. The molecule has 27 heavy (non-hydrogen) atoms. The number of carboxylic acids is 1. The zero-order valence-electron chi connectivity index (χ0n) is 15.7. The molecular formula is C15H19N2NaO8S. The fraction of sp³-hybridized carbons (Fsp3) is 0.667. The number of ether oxygens (including phenoxy) is 1. The minimum atomic E-state index is -3.99. The first-order valence-electron chi connectivity index (χ1n) is 7.99. The Morgan fingerprint density at radius 1 is 1.26 bits per heavy atom. The van der Waals surface area contributed by atoms with Crippen LogP contribution in [0, 0.1) is 5.92 Å². The van der Waals surface area contributed by atoms with Crippen molar-refractivity contribution in [1.82, 2.24) is 9.80 Å². The van der Waals surface area contributed by atoms with E-state index < -0.39 is 57.4 Å². The van der Waals surface area contributed by atoms with E-state index in [0.29, 0.717) is 0 Å². The van der Waals surface area contributed by atoms with Crippen molar-refractivity contribution >= 4 is 28.1 Å². The number of carbonyl (C=O) groups is 3. The maximum Gasteiger partial charge on any atom is 1.00 e. The van der Waals surface area contributed by atoms with Crippen molar-refractivity contribution in [2.24, 2.45) is 5.92 Å². The summed E-state index contributed by atoms with van der Waals surface area (Å²) < 4.78 is 33.2. The Labute approximate surface area is 178 Å². The van der Waals surface area contributed by atoms with Crippen molar-refractivity contribution in [3.8, 4) is 0 Å². The van der Waals surface area contributed by atoms with Gasteiger partial charge in [0.05, 0.1) is 18.3 Å². The van der Waals surface area contributed by atoms with Gasteiger partial charge in [-0.1, -0.05) is 0 Å². The number of piperidine rings is 1. The number of β-lactam (4-membered cyclic amide) rings is 1. The summed E-state index contributed by atoms with van der Waals surface area (Å²) >= 11 is 0. The van der Waals surface area contributed by atoms with Crippen LogP contribution in [0.5, 0.6) is 0 Å². The summed E-state index contributed by atoms with van der Waals surface area (Å²) in [4.78, 5) is 38.6. The van der Waals surface area contributed by atoms with Crippen molar-refractivity contribution in [1.29, 1.82) is 0 Å². The van der Waals surface area contributed by atoms with Crippen LogP contribution < -0.4 is 34.7 Å². The second kappa shape index (κ2) is 6.94. The van der Waals surface area contributed by atoms with E-state index in [0.717, 1.165) is 11.2 Å². The number of hydrogen-bond donors (Lipinski definition) is 0. The molecule has 144 valence electrons. The molecule has 2 amide bonds. The predicted octanol–water partition coefficient (Wildman–Crippen LogP) is -4.22. The van der Waals surface area contributed by atoms with E-state index in [2.05, 4.69) is 0 Å². The normalized spacial score (nSPS) is 26.8. The molecule has 10 nitrogen and oxygen atoms in total. The van der Waals surface area contributed by atoms with Gasteiger partial charge in [0.15, 0.2) is 5.76 Å². The van der Waals surface area contributed by atoms with Crippen molar-refractivity contribution in [2.75, 3.05) is 12.8 Å². The summed E-state index contributed by atoms with van der Waals surface area (Å²) in [6, 6.07) is -1.62. The van der Waals surface area contributed by atoms with E-state index in [-0.39, 0.29) is 48.3 Å². The number of nitrogens with zero attached hydrogens (tertiary/aromatic N) is 2. The minimum Gasteiger partial charge on any atom is -0.543 e. The van der Waals surface area contributed by atoms with Crippen molar-refractivity contribution in [2.45, 2.75) is 44.9 Å². The molecule has 0 N–H and O–H groups in total. The molecule has 3 aliphatic rings. The predicted molar refractivity (Wildman–Crippen MR) is 83.4 cm³/mol. The van der Waals surface area contributed by atoms with Crippen LogP contribution in [0.15, 0.2) is 11.5 Å². The molecule has 3 aliphatic heterocycles. The summed E-state index contributed by atoms with van der Waals surface area (Å²) in [5.41, 5.74) is -1.34. The van der Waals surface area contributed by atoms with Gasteiger partial charge in [-0.3, -0.25) is 14.6 Å². The van der Waals surface area contributed by atoms with Crippen LogP contribution in [0.4, 0.5) is 4.79 Å². The average Bonchev–Trinajstić information content (AvgIpc) is 2.75. The standard InChI is InChI=1S/C15H20N2O8S.Na/c1-15(2,3)24-14(21)16-6-5-7-8-9(16)12(18)17(8)10(13(19)20)11(7)25-26(4,22)23;/h7-9H,5-6H2,1-4H3,(H,19,20);/q;+1/p-1/t7?,8-,9+;/m1./s1. The smallest absolute Gasteiger partial charge is 0.543 e. The van der Waals surface area contributed by atoms with Gasteiger partial charge in [0, 0.05) is 12.5 Å². The maximum absolute atomic E-state index is 12.5. The van der Waals surface area contributed by atoms with Gasteiger partial charge in [-0.15, -0.1) is 0 Å². The summed E-state index contributed by atoms with van der Waals surface area (Å²) in [6.07, 6.45) is 0.338. The van der Waals surface area contributed by atoms with Gasteiger partial charge in [-0.2, -0.15) is 8.42 Å². The molecule has 0 spiro atoms. The Hall–Kier alpha value is -1.30. The fourth-order valence-corrected chi connectivity index (χ4v) is 4.16. The van der Waals surface area contributed by atoms with Gasteiger partial charge in [0.25, 0.3) is 5.91 Å². The van der Waals surface area contributed by atoms with Gasteiger partial charge in [-0.25, -0.2) is 4.79 Å². The monoisotopic (exact) mass is 410 g/mol. The van der Waals surface area contributed by atoms with Crippen molar-refractivity contribution < 1.29 is 66.4 Å². The molecule has 0 aromatic heterocycles. The van der Waals surface area contributed by atoms with E-state index in [9.17, 15) is 27.9 Å². The molecule has 3 atom stereocenters. The van der Waals surface area contributed by atoms with Gasteiger partial charge < -0.3 is 18.8 Å². The van der Waals surface area contributed by atoms with Crippen LogP contribution in [0.25, 0.3) is 0 Å². The molecular weight excluding hydrogens is 391 g/mol. The molecule has 0 aromatic rings. The van der Waals surface area contributed by atoms with Crippen LogP contribution in [0.1, 0.15) is 27.2 Å². The first kappa shape index (κ1) is 22.0. The molecule has 3 heterocycles. The Kier molecular flexibility index (Phi) is 5.66. The van der Waals surface area contributed by atoms with Crippen LogP contribution >= 0.6 is 0 Å². The summed E-state index contributed by atoms with van der Waals surface area (Å²) in [6.45, 7) is 5.18. The molecule has 0 bridgehead atoms. The van der Waals surface area contributed by atoms with Gasteiger partial charge in [0.1, 0.15) is 17.3 Å². The van der Waals surface area contributed by atoms with Gasteiger partial charge in [0.2, 0.25) is 0 Å². The Morgan fingerprint density at radius 3 is 2.33 bits per heavy atom.